The summed E-state index contributed by atoms with van der Waals surface area (Å²) in [5.74, 6) is 0. The number of rotatable bonds is 6. The van der Waals surface area contributed by atoms with Gasteiger partial charge in [0.25, 0.3) is 0 Å². The van der Waals surface area contributed by atoms with Gasteiger partial charge in [0, 0.05) is 0 Å². The molecule has 0 heterocycles. The highest BCUT2D eigenvalue weighted by Crippen LogP contribution is 2.22. The molecule has 0 aliphatic rings. The molecule has 102 valence electrons. The number of nitrogens with one attached hydrogen (secondary N) is 2. The van der Waals surface area contributed by atoms with Gasteiger partial charge in [-0.05, 0) is 33.1 Å². The fourth-order valence-electron chi connectivity index (χ4n) is 0.615. The molecule has 0 radical (unpaired) electrons. The lowest BCUT2D eigenvalue weighted by molar-refractivity contribution is 0.269. The van der Waals surface area contributed by atoms with Crippen molar-refractivity contribution < 1.29 is 14.3 Å². The van der Waals surface area contributed by atoms with E-state index in [9.17, 15) is 0 Å². The maximum Gasteiger partial charge on any atom is 0.327 e. The van der Waals surface area contributed by atoms with Crippen molar-refractivity contribution in [1.82, 2.24) is 10.6 Å². The third-order valence-electron chi connectivity index (χ3n) is 1.24. The fraction of sp³-hybridized carbons (Fsp3) is 1.00. The van der Waals surface area contributed by atoms with Gasteiger partial charge in [0.2, 0.25) is 0 Å². The summed E-state index contributed by atoms with van der Waals surface area (Å²) in [7, 11) is -2.10. The SMILES string of the molecule is CCNCC.CCNCC.CCOP(O)O. The first-order valence-corrected chi connectivity index (χ1v) is 6.99. The van der Waals surface area contributed by atoms with Crippen molar-refractivity contribution in [3.05, 3.63) is 0 Å². The lowest BCUT2D eigenvalue weighted by Crippen LogP contribution is -2.09. The molecule has 0 rings (SSSR count). The van der Waals surface area contributed by atoms with E-state index in [1.807, 2.05) is 0 Å². The van der Waals surface area contributed by atoms with Crippen LogP contribution in [0.5, 0.6) is 0 Å². The summed E-state index contributed by atoms with van der Waals surface area (Å²) in [4.78, 5) is 15.9. The topological polar surface area (TPSA) is 73.8 Å². The average molecular weight is 256 g/mol. The van der Waals surface area contributed by atoms with Gasteiger partial charge < -0.3 is 24.9 Å². The van der Waals surface area contributed by atoms with Crippen LogP contribution in [0.2, 0.25) is 0 Å². The molecule has 0 atom stereocenters. The molecule has 0 amide bonds. The molecule has 0 spiro atoms. The second-order valence-corrected chi connectivity index (χ2v) is 3.35. The van der Waals surface area contributed by atoms with Gasteiger partial charge in [-0.1, -0.05) is 27.7 Å². The molecule has 6 heteroatoms. The number of hydrogen-bond acceptors (Lipinski definition) is 5. The van der Waals surface area contributed by atoms with Crippen molar-refractivity contribution in [3.8, 4) is 0 Å². The molecule has 0 aromatic carbocycles. The molecule has 0 fully saturated rings. The van der Waals surface area contributed by atoms with Gasteiger partial charge in [-0.25, -0.2) is 0 Å². The van der Waals surface area contributed by atoms with Crippen molar-refractivity contribution >= 4 is 8.60 Å². The predicted octanol–water partition coefficient (Wildman–Crippen LogP) is 1.47. The molecule has 0 saturated carbocycles. The lowest BCUT2D eigenvalue weighted by atomic mass is 10.7. The van der Waals surface area contributed by atoms with E-state index < -0.39 is 8.60 Å². The summed E-state index contributed by atoms with van der Waals surface area (Å²) in [6.45, 7) is 14.8. The Kier molecular flexibility index (Phi) is 32.9. The second kappa shape index (κ2) is 24.5. The molecular weight excluding hydrogens is 227 g/mol. The Morgan fingerprint density at radius 2 is 1.12 bits per heavy atom. The van der Waals surface area contributed by atoms with Crippen LogP contribution in [0, 0.1) is 0 Å². The third-order valence-corrected chi connectivity index (χ3v) is 1.73. The molecule has 0 saturated heterocycles. The van der Waals surface area contributed by atoms with E-state index >= 15 is 0 Å². The third kappa shape index (κ3) is 47.6. The molecular formula is C10H29N2O3P. The van der Waals surface area contributed by atoms with Gasteiger partial charge in [-0.3, -0.25) is 0 Å². The number of hydrogen-bond donors (Lipinski definition) is 4. The van der Waals surface area contributed by atoms with Crippen LogP contribution in [0.3, 0.4) is 0 Å². The monoisotopic (exact) mass is 256 g/mol. The smallest absolute Gasteiger partial charge is 0.327 e. The average Bonchev–Trinajstić information content (AvgIpc) is 2.21. The van der Waals surface area contributed by atoms with Crippen LogP contribution in [0.25, 0.3) is 0 Å². The normalized spacial score (nSPS) is 9.00. The molecule has 0 aliphatic carbocycles. The van der Waals surface area contributed by atoms with E-state index in [0.717, 1.165) is 26.2 Å². The van der Waals surface area contributed by atoms with E-state index in [4.69, 9.17) is 9.79 Å². The zero-order valence-electron chi connectivity index (χ0n) is 11.3. The van der Waals surface area contributed by atoms with Crippen LogP contribution in [-0.4, -0.2) is 42.6 Å². The minimum Gasteiger partial charge on any atom is -0.328 e. The van der Waals surface area contributed by atoms with Crippen molar-refractivity contribution in [2.24, 2.45) is 0 Å². The summed E-state index contributed by atoms with van der Waals surface area (Å²) in [6.07, 6.45) is 0. The molecule has 16 heavy (non-hydrogen) atoms. The van der Waals surface area contributed by atoms with Crippen LogP contribution in [0.1, 0.15) is 34.6 Å². The quantitative estimate of drug-likeness (QED) is 0.542. The van der Waals surface area contributed by atoms with Gasteiger partial charge in [-0.15, -0.1) is 0 Å². The van der Waals surface area contributed by atoms with Crippen molar-refractivity contribution in [2.45, 2.75) is 34.6 Å². The summed E-state index contributed by atoms with van der Waals surface area (Å²) in [5.41, 5.74) is 0. The van der Waals surface area contributed by atoms with Crippen LogP contribution in [0.4, 0.5) is 0 Å². The van der Waals surface area contributed by atoms with Crippen LogP contribution < -0.4 is 10.6 Å². The Morgan fingerprint density at radius 1 is 0.812 bits per heavy atom. The van der Waals surface area contributed by atoms with Gasteiger partial charge in [-0.2, -0.15) is 0 Å². The Labute approximate surface area is 102 Å². The van der Waals surface area contributed by atoms with Crippen molar-refractivity contribution in [1.29, 1.82) is 0 Å². The largest absolute Gasteiger partial charge is 0.328 e. The van der Waals surface area contributed by atoms with Crippen LogP contribution in [-0.2, 0) is 4.52 Å². The van der Waals surface area contributed by atoms with Crippen LogP contribution >= 0.6 is 8.60 Å². The molecule has 0 unspecified atom stereocenters. The Hall–Kier alpha value is 0.230. The van der Waals surface area contributed by atoms with E-state index in [0.29, 0.717) is 6.61 Å². The first kappa shape index (κ1) is 21.5. The highest BCUT2D eigenvalue weighted by atomic mass is 31.2. The minimum atomic E-state index is -2.10. The Morgan fingerprint density at radius 3 is 1.12 bits per heavy atom. The Balaban J connectivity index is -0.000000160. The second-order valence-electron chi connectivity index (χ2n) is 2.58. The summed E-state index contributed by atoms with van der Waals surface area (Å²) in [6, 6.07) is 0. The highest BCUT2D eigenvalue weighted by molar-refractivity contribution is 7.39. The van der Waals surface area contributed by atoms with E-state index in [1.165, 1.54) is 0 Å². The maximum absolute atomic E-state index is 7.95. The Bertz CT molecular complexity index is 88.1. The summed E-state index contributed by atoms with van der Waals surface area (Å²) in [5, 5.41) is 6.22. The van der Waals surface area contributed by atoms with Gasteiger partial charge in [0.1, 0.15) is 0 Å². The fourth-order valence-corrected chi connectivity index (χ4v) is 0.846. The van der Waals surface area contributed by atoms with Gasteiger partial charge in [0.15, 0.2) is 0 Å². The minimum absolute atomic E-state index is 0.360. The summed E-state index contributed by atoms with van der Waals surface area (Å²) < 4.78 is 4.22. The van der Waals surface area contributed by atoms with Crippen molar-refractivity contribution in [2.75, 3.05) is 32.8 Å². The predicted molar refractivity (Wildman–Crippen MR) is 71.4 cm³/mol. The maximum atomic E-state index is 7.95. The highest BCUT2D eigenvalue weighted by Gasteiger charge is 1.91. The molecule has 0 aromatic rings. The van der Waals surface area contributed by atoms with E-state index in [-0.39, 0.29) is 0 Å². The summed E-state index contributed by atoms with van der Waals surface area (Å²) >= 11 is 0. The molecule has 5 nitrogen and oxygen atoms in total. The van der Waals surface area contributed by atoms with Crippen molar-refractivity contribution in [3.63, 3.8) is 0 Å². The van der Waals surface area contributed by atoms with Gasteiger partial charge in [0.05, 0.1) is 6.61 Å². The molecule has 4 N–H and O–H groups in total. The van der Waals surface area contributed by atoms with E-state index in [1.54, 1.807) is 6.92 Å². The zero-order chi connectivity index (χ0) is 13.2. The lowest BCUT2D eigenvalue weighted by Gasteiger charge is -1.95. The molecule has 0 bridgehead atoms. The molecule has 0 aromatic heterocycles. The first-order chi connectivity index (χ1) is 7.60. The zero-order valence-corrected chi connectivity index (χ0v) is 12.2. The van der Waals surface area contributed by atoms with Gasteiger partial charge >= 0.3 is 8.60 Å². The van der Waals surface area contributed by atoms with E-state index in [2.05, 4.69) is 42.9 Å². The first-order valence-electron chi connectivity index (χ1n) is 5.82. The standard InChI is InChI=1S/2C4H11N.C2H7O3P/c2*1-3-5-4-2;1-2-5-6(3)4/h2*5H,3-4H2,1-2H3;3-4H,2H2,1H3. The molecule has 0 aliphatic heterocycles. The van der Waals surface area contributed by atoms with Crippen LogP contribution in [0.15, 0.2) is 0 Å².